The van der Waals surface area contributed by atoms with Crippen LogP contribution in [0.3, 0.4) is 0 Å². The van der Waals surface area contributed by atoms with Gasteiger partial charge in [-0.1, -0.05) is 46.8 Å². The molecule has 0 aliphatic heterocycles. The summed E-state index contributed by atoms with van der Waals surface area (Å²) in [6.07, 6.45) is 2.50. The van der Waals surface area contributed by atoms with Gasteiger partial charge in [0, 0.05) is 6.61 Å². The highest BCUT2D eigenvalue weighted by Gasteiger charge is 2.27. The van der Waals surface area contributed by atoms with Crippen molar-refractivity contribution in [2.24, 2.45) is 5.41 Å². The maximum atomic E-state index is 9.88. The van der Waals surface area contributed by atoms with Crippen molar-refractivity contribution in [2.45, 2.75) is 59.3 Å². The third-order valence-electron chi connectivity index (χ3n) is 3.44. The number of aromatic hydroxyl groups is 1. The van der Waals surface area contributed by atoms with E-state index in [0.29, 0.717) is 12.2 Å². The van der Waals surface area contributed by atoms with Crippen LogP contribution in [0.4, 0.5) is 0 Å². The van der Waals surface area contributed by atoms with E-state index in [1.165, 1.54) is 5.56 Å². The first-order valence-corrected chi connectivity index (χ1v) is 7.09. The number of rotatable bonds is 5. The largest absolute Gasteiger partial charge is 0.508 e. The zero-order valence-corrected chi connectivity index (χ0v) is 13.0. The van der Waals surface area contributed by atoms with Crippen molar-refractivity contribution in [1.82, 2.24) is 0 Å². The molecular weight excluding hydrogens is 236 g/mol. The molecule has 0 aliphatic carbocycles. The van der Waals surface area contributed by atoms with E-state index in [9.17, 15) is 5.11 Å². The molecule has 2 nitrogen and oxygen atoms in total. The standard InChI is InChI=1S/C17H28O2/c1-16(2,3)12-17(4,5)14-8-9-15(19)13(11-14)7-6-10-18/h8-9,11,18-19H,6-7,10,12H2,1-5H3. The van der Waals surface area contributed by atoms with Crippen molar-refractivity contribution in [3.8, 4) is 5.75 Å². The minimum Gasteiger partial charge on any atom is -0.508 e. The van der Waals surface area contributed by atoms with Crippen LogP contribution in [0.2, 0.25) is 0 Å². The van der Waals surface area contributed by atoms with Gasteiger partial charge in [-0.3, -0.25) is 0 Å². The van der Waals surface area contributed by atoms with E-state index in [2.05, 4.69) is 40.7 Å². The molecule has 0 amide bonds. The zero-order valence-electron chi connectivity index (χ0n) is 13.0. The first kappa shape index (κ1) is 16.0. The summed E-state index contributed by atoms with van der Waals surface area (Å²) in [7, 11) is 0. The Morgan fingerprint density at radius 2 is 1.68 bits per heavy atom. The number of phenols is 1. The molecule has 0 unspecified atom stereocenters. The average molecular weight is 264 g/mol. The fourth-order valence-corrected chi connectivity index (χ4v) is 2.90. The molecule has 0 saturated carbocycles. The van der Waals surface area contributed by atoms with E-state index in [1.807, 2.05) is 6.07 Å². The van der Waals surface area contributed by atoms with Crippen molar-refractivity contribution in [3.05, 3.63) is 29.3 Å². The Hall–Kier alpha value is -1.02. The molecule has 0 aliphatic rings. The second-order valence-corrected chi connectivity index (χ2v) is 7.29. The lowest BCUT2D eigenvalue weighted by Gasteiger charge is -2.33. The molecule has 1 aromatic carbocycles. The number of hydrogen-bond donors (Lipinski definition) is 2. The quantitative estimate of drug-likeness (QED) is 0.843. The van der Waals surface area contributed by atoms with E-state index in [-0.39, 0.29) is 17.4 Å². The molecule has 0 atom stereocenters. The first-order chi connectivity index (χ1) is 8.65. The van der Waals surface area contributed by atoms with E-state index in [1.54, 1.807) is 6.07 Å². The summed E-state index contributed by atoms with van der Waals surface area (Å²) in [5, 5.41) is 18.8. The van der Waals surface area contributed by atoms with Crippen LogP contribution in [0.5, 0.6) is 5.75 Å². The van der Waals surface area contributed by atoms with Crippen LogP contribution in [0.15, 0.2) is 18.2 Å². The molecule has 2 N–H and O–H groups in total. The summed E-state index contributed by atoms with van der Waals surface area (Å²) in [6.45, 7) is 11.4. The highest BCUT2D eigenvalue weighted by atomic mass is 16.3. The number of aryl methyl sites for hydroxylation is 1. The van der Waals surface area contributed by atoms with Gasteiger partial charge in [-0.25, -0.2) is 0 Å². The first-order valence-electron chi connectivity index (χ1n) is 7.09. The second kappa shape index (κ2) is 5.96. The summed E-state index contributed by atoms with van der Waals surface area (Å²) in [5.41, 5.74) is 2.55. The molecule has 0 saturated heterocycles. The van der Waals surface area contributed by atoms with Crippen molar-refractivity contribution in [2.75, 3.05) is 6.61 Å². The lowest BCUT2D eigenvalue weighted by Crippen LogP contribution is -2.24. The molecular formula is C17H28O2. The van der Waals surface area contributed by atoms with Gasteiger partial charge in [0.25, 0.3) is 0 Å². The van der Waals surface area contributed by atoms with Crippen molar-refractivity contribution in [3.63, 3.8) is 0 Å². The number of hydrogen-bond acceptors (Lipinski definition) is 2. The molecule has 1 aromatic rings. The Bertz CT molecular complexity index is 414. The Balaban J connectivity index is 3.00. The lowest BCUT2D eigenvalue weighted by atomic mass is 9.72. The predicted octanol–water partition coefficient (Wildman–Crippen LogP) is 4.03. The van der Waals surface area contributed by atoms with Crippen LogP contribution in [0.1, 0.15) is 58.6 Å². The minimum absolute atomic E-state index is 0.0832. The van der Waals surface area contributed by atoms with Gasteiger partial charge < -0.3 is 10.2 Å². The summed E-state index contributed by atoms with van der Waals surface area (Å²) in [6, 6.07) is 5.90. The molecule has 0 spiro atoms. The van der Waals surface area contributed by atoms with Crippen molar-refractivity contribution in [1.29, 1.82) is 0 Å². The highest BCUT2D eigenvalue weighted by molar-refractivity contribution is 5.39. The summed E-state index contributed by atoms with van der Waals surface area (Å²) < 4.78 is 0. The topological polar surface area (TPSA) is 40.5 Å². The van der Waals surface area contributed by atoms with Gasteiger partial charge in [-0.2, -0.15) is 0 Å². The van der Waals surface area contributed by atoms with Gasteiger partial charge >= 0.3 is 0 Å². The Kier molecular flexibility index (Phi) is 5.03. The SMILES string of the molecule is CC(C)(C)CC(C)(C)c1ccc(O)c(CCCO)c1. The Morgan fingerprint density at radius 1 is 1.05 bits per heavy atom. The van der Waals surface area contributed by atoms with Gasteiger partial charge in [-0.05, 0) is 47.3 Å². The third kappa shape index (κ3) is 4.87. The van der Waals surface area contributed by atoms with Crippen LogP contribution in [-0.2, 0) is 11.8 Å². The molecule has 2 heteroatoms. The lowest BCUT2D eigenvalue weighted by molar-refractivity contribution is 0.283. The molecule has 0 heterocycles. The van der Waals surface area contributed by atoms with Crippen molar-refractivity contribution < 1.29 is 10.2 Å². The monoisotopic (exact) mass is 264 g/mol. The highest BCUT2D eigenvalue weighted by Crippen LogP contribution is 2.37. The Labute approximate surface area is 117 Å². The van der Waals surface area contributed by atoms with Gasteiger partial charge in [0.05, 0.1) is 0 Å². The maximum absolute atomic E-state index is 9.88. The fourth-order valence-electron chi connectivity index (χ4n) is 2.90. The van der Waals surface area contributed by atoms with Crippen LogP contribution in [0, 0.1) is 5.41 Å². The average Bonchev–Trinajstić information content (AvgIpc) is 2.24. The molecule has 1 rings (SSSR count). The number of aliphatic hydroxyl groups excluding tert-OH is 1. The van der Waals surface area contributed by atoms with Crippen LogP contribution in [0.25, 0.3) is 0 Å². The number of phenolic OH excluding ortho intramolecular Hbond substituents is 1. The Morgan fingerprint density at radius 3 is 2.21 bits per heavy atom. The van der Waals surface area contributed by atoms with Gasteiger partial charge in [-0.15, -0.1) is 0 Å². The molecule has 0 aromatic heterocycles. The second-order valence-electron chi connectivity index (χ2n) is 7.29. The van der Waals surface area contributed by atoms with Gasteiger partial charge in [0.15, 0.2) is 0 Å². The van der Waals surface area contributed by atoms with E-state index in [0.717, 1.165) is 18.4 Å². The predicted molar refractivity (Wildman–Crippen MR) is 80.6 cm³/mol. The van der Waals surface area contributed by atoms with Crippen LogP contribution < -0.4 is 0 Å². The van der Waals surface area contributed by atoms with Crippen LogP contribution in [-0.4, -0.2) is 16.8 Å². The molecule has 0 radical (unpaired) electrons. The maximum Gasteiger partial charge on any atom is 0.118 e. The minimum atomic E-state index is 0.0832. The van der Waals surface area contributed by atoms with E-state index < -0.39 is 0 Å². The van der Waals surface area contributed by atoms with E-state index >= 15 is 0 Å². The molecule has 0 fully saturated rings. The fraction of sp³-hybridized carbons (Fsp3) is 0.647. The van der Waals surface area contributed by atoms with Crippen molar-refractivity contribution >= 4 is 0 Å². The molecule has 19 heavy (non-hydrogen) atoms. The molecule has 0 bridgehead atoms. The van der Waals surface area contributed by atoms with Crippen LogP contribution >= 0.6 is 0 Å². The molecule has 108 valence electrons. The summed E-state index contributed by atoms with van der Waals surface area (Å²) in [5.74, 6) is 0.337. The number of benzene rings is 1. The van der Waals surface area contributed by atoms with Gasteiger partial charge in [0.2, 0.25) is 0 Å². The third-order valence-corrected chi connectivity index (χ3v) is 3.44. The smallest absolute Gasteiger partial charge is 0.118 e. The normalized spacial score (nSPS) is 12.7. The van der Waals surface area contributed by atoms with Gasteiger partial charge in [0.1, 0.15) is 5.75 Å². The summed E-state index contributed by atoms with van der Waals surface area (Å²) >= 11 is 0. The zero-order chi connectivity index (χ0) is 14.7. The van der Waals surface area contributed by atoms with E-state index in [4.69, 9.17) is 5.11 Å². The summed E-state index contributed by atoms with van der Waals surface area (Å²) in [4.78, 5) is 0. The number of aliphatic hydroxyl groups is 1.